The third-order valence-electron chi connectivity index (χ3n) is 2.81. The number of likely N-dealkylation sites (N-methyl/N-ethyl adjacent to an activating group) is 1. The molecule has 0 aliphatic heterocycles. The van der Waals surface area contributed by atoms with Gasteiger partial charge < -0.3 is 5.32 Å². The van der Waals surface area contributed by atoms with Crippen LogP contribution in [-0.4, -0.2) is 23.4 Å². The maximum atomic E-state index is 4.55. The summed E-state index contributed by atoms with van der Waals surface area (Å²) >= 11 is 0. The summed E-state index contributed by atoms with van der Waals surface area (Å²) in [5, 5.41) is 7.71. The Balaban J connectivity index is 2.21. The van der Waals surface area contributed by atoms with Gasteiger partial charge in [-0.3, -0.25) is 4.68 Å². The average molecular weight is 179 g/mol. The fraction of sp³-hybridized carbons (Fsp3) is 0.700. The summed E-state index contributed by atoms with van der Waals surface area (Å²) < 4.78 is 2.06. The van der Waals surface area contributed by atoms with Crippen LogP contribution in [0.2, 0.25) is 0 Å². The smallest absolute Gasteiger partial charge is 0.0672 e. The Hall–Kier alpha value is -0.830. The van der Waals surface area contributed by atoms with E-state index in [2.05, 4.69) is 22.1 Å². The lowest BCUT2D eigenvalue weighted by atomic mass is 10.1. The molecular formula is C10H17N3. The van der Waals surface area contributed by atoms with Gasteiger partial charge in [0.1, 0.15) is 0 Å². The Bertz CT molecular complexity index is 301. The molecule has 0 saturated heterocycles. The zero-order chi connectivity index (χ0) is 9.26. The molecule has 72 valence electrons. The van der Waals surface area contributed by atoms with E-state index in [1.165, 1.54) is 36.2 Å². The van der Waals surface area contributed by atoms with Gasteiger partial charge in [0.25, 0.3) is 0 Å². The zero-order valence-corrected chi connectivity index (χ0v) is 8.43. The molecule has 0 spiro atoms. The lowest BCUT2D eigenvalue weighted by molar-refractivity contribution is 0.676. The van der Waals surface area contributed by atoms with Crippen LogP contribution in [0.5, 0.6) is 0 Å². The van der Waals surface area contributed by atoms with Gasteiger partial charge in [0.05, 0.1) is 5.69 Å². The minimum Gasteiger partial charge on any atom is -0.319 e. The summed E-state index contributed by atoms with van der Waals surface area (Å²) in [5.74, 6) is 0. The fourth-order valence-corrected chi connectivity index (χ4v) is 2.14. The summed E-state index contributed by atoms with van der Waals surface area (Å²) in [6.45, 7) is 1.03. The first-order valence-corrected chi connectivity index (χ1v) is 5.01. The molecular weight excluding hydrogens is 162 g/mol. The van der Waals surface area contributed by atoms with Crippen LogP contribution in [0.25, 0.3) is 0 Å². The molecule has 0 unspecified atom stereocenters. The number of aromatic nitrogens is 2. The van der Waals surface area contributed by atoms with Gasteiger partial charge in [0.2, 0.25) is 0 Å². The minimum atomic E-state index is 1.03. The highest BCUT2D eigenvalue weighted by atomic mass is 15.3. The molecule has 0 atom stereocenters. The van der Waals surface area contributed by atoms with Gasteiger partial charge in [-0.05, 0) is 31.9 Å². The summed E-state index contributed by atoms with van der Waals surface area (Å²) in [6, 6.07) is 0. The quantitative estimate of drug-likeness (QED) is 0.739. The summed E-state index contributed by atoms with van der Waals surface area (Å²) in [4.78, 5) is 0. The lowest BCUT2D eigenvalue weighted by Gasteiger charge is -1.97. The monoisotopic (exact) mass is 179 g/mol. The lowest BCUT2D eigenvalue weighted by Crippen LogP contribution is -2.11. The van der Waals surface area contributed by atoms with E-state index in [0.717, 1.165) is 13.0 Å². The molecule has 3 nitrogen and oxygen atoms in total. The molecule has 2 rings (SSSR count). The molecule has 1 aliphatic rings. The Kier molecular flexibility index (Phi) is 2.36. The molecule has 3 heteroatoms. The number of nitrogens with one attached hydrogen (secondary N) is 1. The predicted octanol–water partition coefficient (Wildman–Crippen LogP) is 0.671. The molecule has 1 N–H and O–H groups in total. The van der Waals surface area contributed by atoms with Crippen LogP contribution in [0.15, 0.2) is 0 Å². The van der Waals surface area contributed by atoms with Crippen LogP contribution in [0.3, 0.4) is 0 Å². The van der Waals surface area contributed by atoms with Crippen LogP contribution in [0, 0.1) is 0 Å². The van der Waals surface area contributed by atoms with Crippen LogP contribution in [0.1, 0.15) is 23.4 Å². The molecule has 0 aromatic carbocycles. The van der Waals surface area contributed by atoms with Gasteiger partial charge in [-0.25, -0.2) is 0 Å². The Morgan fingerprint density at radius 1 is 1.46 bits per heavy atom. The third kappa shape index (κ3) is 1.48. The van der Waals surface area contributed by atoms with E-state index in [9.17, 15) is 0 Å². The van der Waals surface area contributed by atoms with E-state index in [4.69, 9.17) is 0 Å². The largest absolute Gasteiger partial charge is 0.319 e. The van der Waals surface area contributed by atoms with E-state index in [0.29, 0.717) is 0 Å². The maximum absolute atomic E-state index is 4.55. The number of hydrogen-bond donors (Lipinski definition) is 1. The first-order valence-electron chi connectivity index (χ1n) is 5.01. The number of hydrogen-bond acceptors (Lipinski definition) is 2. The SMILES string of the molecule is CNCCc1nn(C)c2c1CCC2. The average Bonchev–Trinajstić information content (AvgIpc) is 2.67. The van der Waals surface area contributed by atoms with Crippen LogP contribution >= 0.6 is 0 Å². The number of nitrogens with zero attached hydrogens (tertiary/aromatic N) is 2. The molecule has 0 bridgehead atoms. The minimum absolute atomic E-state index is 1.03. The summed E-state index contributed by atoms with van der Waals surface area (Å²) in [6.07, 6.45) is 4.84. The molecule has 1 aromatic heterocycles. The van der Waals surface area contributed by atoms with Gasteiger partial charge in [-0.1, -0.05) is 0 Å². The van der Waals surface area contributed by atoms with Crippen molar-refractivity contribution in [3.63, 3.8) is 0 Å². The second-order valence-electron chi connectivity index (χ2n) is 3.70. The van der Waals surface area contributed by atoms with Crippen molar-refractivity contribution < 1.29 is 0 Å². The van der Waals surface area contributed by atoms with Crippen molar-refractivity contribution in [3.05, 3.63) is 17.0 Å². The van der Waals surface area contributed by atoms with Gasteiger partial charge in [0, 0.05) is 25.7 Å². The van der Waals surface area contributed by atoms with Crippen molar-refractivity contribution in [2.45, 2.75) is 25.7 Å². The Morgan fingerprint density at radius 3 is 3.08 bits per heavy atom. The Morgan fingerprint density at radius 2 is 2.31 bits per heavy atom. The van der Waals surface area contributed by atoms with Crippen LogP contribution in [-0.2, 0) is 26.3 Å². The molecule has 0 amide bonds. The zero-order valence-electron chi connectivity index (χ0n) is 8.43. The van der Waals surface area contributed by atoms with Crippen LogP contribution < -0.4 is 5.32 Å². The number of aryl methyl sites for hydroxylation is 1. The van der Waals surface area contributed by atoms with Crippen molar-refractivity contribution in [2.24, 2.45) is 7.05 Å². The topological polar surface area (TPSA) is 29.9 Å². The first-order chi connectivity index (χ1) is 6.33. The van der Waals surface area contributed by atoms with Crippen molar-refractivity contribution in [3.8, 4) is 0 Å². The van der Waals surface area contributed by atoms with Gasteiger partial charge in [0.15, 0.2) is 0 Å². The molecule has 1 heterocycles. The van der Waals surface area contributed by atoms with Gasteiger partial charge in [-0.15, -0.1) is 0 Å². The standard InChI is InChI=1S/C10H17N3/c1-11-7-6-9-8-4-3-5-10(8)13(2)12-9/h11H,3-7H2,1-2H3. The van der Waals surface area contributed by atoms with Crippen molar-refractivity contribution >= 4 is 0 Å². The second-order valence-corrected chi connectivity index (χ2v) is 3.70. The third-order valence-corrected chi connectivity index (χ3v) is 2.81. The van der Waals surface area contributed by atoms with Gasteiger partial charge in [-0.2, -0.15) is 5.10 Å². The van der Waals surface area contributed by atoms with Crippen molar-refractivity contribution in [1.82, 2.24) is 15.1 Å². The predicted molar refractivity (Wildman–Crippen MR) is 52.9 cm³/mol. The highest BCUT2D eigenvalue weighted by molar-refractivity contribution is 5.30. The van der Waals surface area contributed by atoms with Gasteiger partial charge >= 0.3 is 0 Å². The molecule has 1 aliphatic carbocycles. The molecule has 0 radical (unpaired) electrons. The van der Waals surface area contributed by atoms with E-state index in [1.54, 1.807) is 0 Å². The molecule has 1 aromatic rings. The number of fused-ring (bicyclic) bond motifs is 1. The number of rotatable bonds is 3. The van der Waals surface area contributed by atoms with E-state index < -0.39 is 0 Å². The van der Waals surface area contributed by atoms with Crippen molar-refractivity contribution in [2.75, 3.05) is 13.6 Å². The summed E-state index contributed by atoms with van der Waals surface area (Å²) in [5.41, 5.74) is 4.30. The molecule has 13 heavy (non-hydrogen) atoms. The van der Waals surface area contributed by atoms with E-state index in [1.807, 2.05) is 7.05 Å². The normalized spacial score (nSPS) is 14.9. The molecule has 0 saturated carbocycles. The Labute approximate surface area is 79.1 Å². The maximum Gasteiger partial charge on any atom is 0.0672 e. The summed E-state index contributed by atoms with van der Waals surface area (Å²) in [7, 11) is 4.05. The van der Waals surface area contributed by atoms with E-state index >= 15 is 0 Å². The first kappa shape index (κ1) is 8.75. The fourth-order valence-electron chi connectivity index (χ4n) is 2.14. The van der Waals surface area contributed by atoms with E-state index in [-0.39, 0.29) is 0 Å². The van der Waals surface area contributed by atoms with Crippen molar-refractivity contribution in [1.29, 1.82) is 0 Å². The molecule has 0 fully saturated rings. The van der Waals surface area contributed by atoms with Crippen LogP contribution in [0.4, 0.5) is 0 Å². The highest BCUT2D eigenvalue weighted by Gasteiger charge is 2.19. The highest BCUT2D eigenvalue weighted by Crippen LogP contribution is 2.24. The second kappa shape index (κ2) is 3.50.